The van der Waals surface area contributed by atoms with Gasteiger partial charge in [-0.1, -0.05) is 35.4 Å². The first kappa shape index (κ1) is 26.7. The number of aryl methyl sites for hydroxylation is 3. The molecule has 0 fully saturated rings. The third kappa shape index (κ3) is 5.18. The lowest BCUT2D eigenvalue weighted by molar-refractivity contribution is 0.0510. The second-order valence-corrected chi connectivity index (χ2v) is 9.48. The SMILES string of the molecule is CCOC(=O)c1cc2c(c(Nc3ccc(C)cc3)n1)c1c(Nc3ccc(C)cc3)nc(C(=O)OCC)cc1n2C. The van der Waals surface area contributed by atoms with Gasteiger partial charge in [-0.2, -0.15) is 0 Å². The fourth-order valence-electron chi connectivity index (χ4n) is 4.56. The summed E-state index contributed by atoms with van der Waals surface area (Å²) >= 11 is 0. The van der Waals surface area contributed by atoms with E-state index >= 15 is 0 Å². The Balaban J connectivity index is 1.81. The molecule has 0 saturated heterocycles. The molecule has 0 atom stereocenters. The molecule has 0 aliphatic rings. The van der Waals surface area contributed by atoms with Gasteiger partial charge in [-0.3, -0.25) is 0 Å². The highest BCUT2D eigenvalue weighted by atomic mass is 16.5. The minimum Gasteiger partial charge on any atom is -0.461 e. The molecule has 0 aliphatic heterocycles. The van der Waals surface area contributed by atoms with Crippen molar-refractivity contribution < 1.29 is 19.1 Å². The molecule has 0 saturated carbocycles. The third-order valence-electron chi connectivity index (χ3n) is 6.57. The van der Waals surface area contributed by atoms with Crippen molar-refractivity contribution >= 4 is 56.8 Å². The molecule has 40 heavy (non-hydrogen) atoms. The third-order valence-corrected chi connectivity index (χ3v) is 6.57. The van der Waals surface area contributed by atoms with Crippen LogP contribution in [-0.4, -0.2) is 39.7 Å². The Bertz CT molecular complexity index is 1600. The van der Waals surface area contributed by atoms with E-state index in [1.807, 2.05) is 74.0 Å². The number of ether oxygens (including phenoxy) is 2. The van der Waals surface area contributed by atoms with Crippen LogP contribution in [0.25, 0.3) is 21.8 Å². The normalized spacial score (nSPS) is 11.0. The zero-order valence-electron chi connectivity index (χ0n) is 23.2. The van der Waals surface area contributed by atoms with E-state index in [-0.39, 0.29) is 24.6 Å². The van der Waals surface area contributed by atoms with Crippen LogP contribution in [0, 0.1) is 13.8 Å². The number of nitrogens with zero attached hydrogens (tertiary/aromatic N) is 3. The Morgan fingerprint density at radius 2 is 1.07 bits per heavy atom. The first-order valence-corrected chi connectivity index (χ1v) is 13.1. The van der Waals surface area contributed by atoms with Gasteiger partial charge < -0.3 is 24.7 Å². The number of aromatic nitrogens is 3. The molecule has 3 aromatic heterocycles. The molecule has 5 rings (SSSR count). The van der Waals surface area contributed by atoms with E-state index in [0.717, 1.165) is 44.3 Å². The molecule has 0 aliphatic carbocycles. The van der Waals surface area contributed by atoms with Crippen molar-refractivity contribution in [2.24, 2.45) is 7.05 Å². The Morgan fingerprint density at radius 3 is 1.43 bits per heavy atom. The lowest BCUT2D eigenvalue weighted by Crippen LogP contribution is -2.09. The number of anilines is 4. The lowest BCUT2D eigenvalue weighted by Gasteiger charge is -2.13. The summed E-state index contributed by atoms with van der Waals surface area (Å²) in [6.07, 6.45) is 0. The van der Waals surface area contributed by atoms with Crippen LogP contribution in [0.15, 0.2) is 60.7 Å². The number of benzene rings is 2. The second kappa shape index (κ2) is 11.1. The average Bonchev–Trinajstić information content (AvgIpc) is 3.23. The molecule has 0 amide bonds. The summed E-state index contributed by atoms with van der Waals surface area (Å²) in [6, 6.07) is 19.2. The highest BCUT2D eigenvalue weighted by Gasteiger charge is 2.24. The fraction of sp³-hybridized carbons (Fsp3) is 0.226. The number of carbonyl (C=O) groups is 2. The first-order chi connectivity index (χ1) is 19.3. The highest BCUT2D eigenvalue weighted by molar-refractivity contribution is 6.19. The Kier molecular flexibility index (Phi) is 7.37. The number of hydrogen-bond donors (Lipinski definition) is 2. The molecule has 0 unspecified atom stereocenters. The molecule has 9 nitrogen and oxygen atoms in total. The Hall–Kier alpha value is -4.92. The molecule has 5 aromatic rings. The van der Waals surface area contributed by atoms with Crippen LogP contribution < -0.4 is 10.6 Å². The van der Waals surface area contributed by atoms with Gasteiger partial charge in [0.25, 0.3) is 0 Å². The van der Waals surface area contributed by atoms with Gasteiger partial charge in [0.1, 0.15) is 11.6 Å². The smallest absolute Gasteiger partial charge is 0.357 e. The van der Waals surface area contributed by atoms with E-state index in [4.69, 9.17) is 19.4 Å². The van der Waals surface area contributed by atoms with Crippen LogP contribution in [0.5, 0.6) is 0 Å². The maximum absolute atomic E-state index is 12.8. The van der Waals surface area contributed by atoms with Crippen LogP contribution in [0.3, 0.4) is 0 Å². The van der Waals surface area contributed by atoms with Gasteiger partial charge in [0.05, 0.1) is 35.0 Å². The molecule has 9 heteroatoms. The summed E-state index contributed by atoms with van der Waals surface area (Å²) in [5, 5.41) is 8.27. The summed E-state index contributed by atoms with van der Waals surface area (Å²) in [5.74, 6) is -0.116. The first-order valence-electron chi connectivity index (χ1n) is 13.1. The molecule has 0 spiro atoms. The van der Waals surface area contributed by atoms with E-state index in [2.05, 4.69) is 10.6 Å². The summed E-state index contributed by atoms with van der Waals surface area (Å²) in [5.41, 5.74) is 5.63. The van der Waals surface area contributed by atoms with Crippen LogP contribution in [0.2, 0.25) is 0 Å². The van der Waals surface area contributed by atoms with Gasteiger partial charge in [0.2, 0.25) is 0 Å². The molecule has 0 bridgehead atoms. The maximum atomic E-state index is 12.8. The van der Waals surface area contributed by atoms with E-state index in [9.17, 15) is 9.59 Å². The molecule has 2 N–H and O–H groups in total. The zero-order valence-corrected chi connectivity index (χ0v) is 23.2. The Morgan fingerprint density at radius 1 is 0.700 bits per heavy atom. The van der Waals surface area contributed by atoms with Gasteiger partial charge in [-0.05, 0) is 64.1 Å². The molecular formula is C31H31N5O4. The van der Waals surface area contributed by atoms with E-state index < -0.39 is 11.9 Å². The standard InChI is InChI=1S/C31H31N5O4/c1-6-39-30(37)22-16-24-26(28(34-22)32-20-12-8-18(3)9-13-20)27-25(36(24)5)17-23(31(38)40-7-2)35-29(27)33-21-14-10-19(4)11-15-21/h8-17H,6-7H2,1-5H3,(H,32,34)(H,33,35). The number of rotatable bonds is 8. The Labute approximate surface area is 232 Å². The summed E-state index contributed by atoms with van der Waals surface area (Å²) < 4.78 is 12.5. The lowest BCUT2D eigenvalue weighted by atomic mass is 10.1. The van der Waals surface area contributed by atoms with Crippen LogP contribution in [0.4, 0.5) is 23.0 Å². The van der Waals surface area contributed by atoms with Crippen molar-refractivity contribution in [1.29, 1.82) is 0 Å². The average molecular weight is 538 g/mol. The van der Waals surface area contributed by atoms with Crippen molar-refractivity contribution in [2.45, 2.75) is 27.7 Å². The molecule has 3 heterocycles. The summed E-state index contributed by atoms with van der Waals surface area (Å²) in [6.45, 7) is 8.00. The van der Waals surface area contributed by atoms with E-state index in [1.165, 1.54) is 0 Å². The number of esters is 2. The van der Waals surface area contributed by atoms with Gasteiger partial charge in [-0.15, -0.1) is 0 Å². The number of fused-ring (bicyclic) bond motifs is 3. The monoisotopic (exact) mass is 537 g/mol. The summed E-state index contributed by atoms with van der Waals surface area (Å²) in [4.78, 5) is 35.0. The number of carbonyl (C=O) groups excluding carboxylic acids is 2. The molecule has 204 valence electrons. The van der Waals surface area contributed by atoms with Gasteiger partial charge in [0, 0.05) is 18.4 Å². The van der Waals surface area contributed by atoms with Crippen molar-refractivity contribution in [3.8, 4) is 0 Å². The fourth-order valence-corrected chi connectivity index (χ4v) is 4.56. The number of hydrogen-bond acceptors (Lipinski definition) is 8. The van der Waals surface area contributed by atoms with Crippen molar-refractivity contribution in [3.63, 3.8) is 0 Å². The van der Waals surface area contributed by atoms with Crippen molar-refractivity contribution in [3.05, 3.63) is 83.2 Å². The molecular weight excluding hydrogens is 506 g/mol. The van der Waals surface area contributed by atoms with Crippen molar-refractivity contribution in [2.75, 3.05) is 23.8 Å². The highest BCUT2D eigenvalue weighted by Crippen LogP contribution is 2.39. The minimum atomic E-state index is -0.523. The quantitative estimate of drug-likeness (QED) is 0.214. The van der Waals surface area contributed by atoms with E-state index in [0.29, 0.717) is 11.6 Å². The molecule has 2 aromatic carbocycles. The topological polar surface area (TPSA) is 107 Å². The van der Waals surface area contributed by atoms with Crippen molar-refractivity contribution in [1.82, 2.24) is 14.5 Å². The van der Waals surface area contributed by atoms with Gasteiger partial charge in [-0.25, -0.2) is 19.6 Å². The van der Waals surface area contributed by atoms with Gasteiger partial charge >= 0.3 is 11.9 Å². The van der Waals surface area contributed by atoms with Gasteiger partial charge in [0.15, 0.2) is 11.4 Å². The second-order valence-electron chi connectivity index (χ2n) is 9.48. The minimum absolute atomic E-state index is 0.168. The predicted octanol–water partition coefficient (Wildman–Crippen LogP) is 6.58. The molecule has 0 radical (unpaired) electrons. The largest absolute Gasteiger partial charge is 0.461 e. The summed E-state index contributed by atoms with van der Waals surface area (Å²) in [7, 11) is 1.87. The number of pyridine rings is 2. The van der Waals surface area contributed by atoms with Crippen LogP contribution >= 0.6 is 0 Å². The zero-order chi connectivity index (χ0) is 28.4. The predicted molar refractivity (Wildman–Crippen MR) is 157 cm³/mol. The van der Waals surface area contributed by atoms with E-state index in [1.54, 1.807) is 26.0 Å². The number of nitrogens with one attached hydrogen (secondary N) is 2. The van der Waals surface area contributed by atoms with Crippen LogP contribution in [0.1, 0.15) is 46.0 Å². The van der Waals surface area contributed by atoms with Crippen LogP contribution in [-0.2, 0) is 16.5 Å². The maximum Gasteiger partial charge on any atom is 0.357 e.